The molecule has 0 aliphatic carbocycles. The van der Waals surface area contributed by atoms with Gasteiger partial charge in [-0.1, -0.05) is 26.8 Å². The predicted octanol–water partition coefficient (Wildman–Crippen LogP) is 5.94. The molecule has 0 radical (unpaired) electrons. The first-order valence-electron chi connectivity index (χ1n) is 11.9. The SMILES string of the molecule is CC(=O)c1ccc(NC(=O)Nc2ccc(Cc3c(C)c4cc(C(C)(C)C)c(O)cc4oc3=O)cn2)cc1. The Kier molecular flexibility index (Phi) is 6.85. The Labute approximate surface area is 214 Å². The van der Waals surface area contributed by atoms with Crippen LogP contribution in [0.15, 0.2) is 63.9 Å². The lowest BCUT2D eigenvalue weighted by Crippen LogP contribution is -2.20. The number of benzene rings is 2. The van der Waals surface area contributed by atoms with Crippen LogP contribution in [0.1, 0.15) is 60.3 Å². The normalized spacial score (nSPS) is 11.4. The summed E-state index contributed by atoms with van der Waals surface area (Å²) in [5.41, 5.74) is 3.54. The number of Topliss-reactive ketones (excluding diaryl/α,β-unsaturated/α-hetero) is 1. The highest BCUT2D eigenvalue weighted by molar-refractivity contribution is 6.00. The lowest BCUT2D eigenvalue weighted by atomic mass is 9.85. The summed E-state index contributed by atoms with van der Waals surface area (Å²) in [6.45, 7) is 9.38. The summed E-state index contributed by atoms with van der Waals surface area (Å²) < 4.78 is 5.53. The summed E-state index contributed by atoms with van der Waals surface area (Å²) in [6, 6.07) is 12.9. The number of hydrogen-bond acceptors (Lipinski definition) is 6. The molecule has 2 heterocycles. The van der Waals surface area contributed by atoms with Gasteiger partial charge >= 0.3 is 11.7 Å². The number of aromatic nitrogens is 1. The van der Waals surface area contributed by atoms with Gasteiger partial charge in [-0.3, -0.25) is 10.1 Å². The number of hydrogen-bond donors (Lipinski definition) is 3. The minimum atomic E-state index is -0.472. The van der Waals surface area contributed by atoms with Crippen LogP contribution in [-0.4, -0.2) is 21.9 Å². The monoisotopic (exact) mass is 499 g/mol. The topological polar surface area (TPSA) is 122 Å². The molecule has 37 heavy (non-hydrogen) atoms. The zero-order chi connectivity index (χ0) is 26.9. The zero-order valence-corrected chi connectivity index (χ0v) is 21.4. The molecule has 2 aromatic carbocycles. The Morgan fingerprint density at radius 2 is 1.73 bits per heavy atom. The van der Waals surface area contributed by atoms with E-state index in [-0.39, 0.29) is 16.9 Å². The van der Waals surface area contributed by atoms with Crippen LogP contribution in [0.5, 0.6) is 5.75 Å². The maximum Gasteiger partial charge on any atom is 0.340 e. The number of phenolic OH excluding ortho intramolecular Hbond substituents is 1. The van der Waals surface area contributed by atoms with Gasteiger partial charge in [0.25, 0.3) is 0 Å². The fourth-order valence-electron chi connectivity index (χ4n) is 4.10. The number of nitrogens with zero attached hydrogens (tertiary/aromatic N) is 1. The van der Waals surface area contributed by atoms with Gasteiger partial charge in [0.15, 0.2) is 5.78 Å². The van der Waals surface area contributed by atoms with Crippen molar-refractivity contribution >= 4 is 34.3 Å². The third-order valence-corrected chi connectivity index (χ3v) is 6.21. The molecule has 0 bridgehead atoms. The molecule has 4 rings (SSSR count). The molecule has 8 nitrogen and oxygen atoms in total. The lowest BCUT2D eigenvalue weighted by Gasteiger charge is -2.21. The van der Waals surface area contributed by atoms with Crippen LogP contribution < -0.4 is 16.3 Å². The van der Waals surface area contributed by atoms with E-state index in [0.29, 0.717) is 34.6 Å². The molecule has 0 fully saturated rings. The third kappa shape index (κ3) is 5.69. The molecule has 2 aromatic heterocycles. The lowest BCUT2D eigenvalue weighted by molar-refractivity contribution is 0.101. The number of amides is 2. The number of aryl methyl sites for hydroxylation is 1. The Morgan fingerprint density at radius 1 is 1.03 bits per heavy atom. The summed E-state index contributed by atoms with van der Waals surface area (Å²) >= 11 is 0. The average Bonchev–Trinajstić information content (AvgIpc) is 2.82. The molecule has 4 aromatic rings. The van der Waals surface area contributed by atoms with E-state index in [4.69, 9.17) is 4.42 Å². The number of nitrogens with one attached hydrogen (secondary N) is 2. The number of phenols is 1. The fourth-order valence-corrected chi connectivity index (χ4v) is 4.10. The number of carbonyl (C=O) groups is 2. The molecule has 190 valence electrons. The van der Waals surface area contributed by atoms with Crippen LogP contribution in [0.2, 0.25) is 0 Å². The minimum absolute atomic E-state index is 0.0501. The van der Waals surface area contributed by atoms with Crippen LogP contribution in [0.25, 0.3) is 11.0 Å². The summed E-state index contributed by atoms with van der Waals surface area (Å²) in [7, 11) is 0. The molecule has 0 aliphatic heterocycles. The van der Waals surface area contributed by atoms with Crippen LogP contribution in [0.3, 0.4) is 0 Å². The Morgan fingerprint density at radius 3 is 2.32 bits per heavy atom. The number of rotatable bonds is 5. The van der Waals surface area contributed by atoms with Crippen molar-refractivity contribution in [2.75, 3.05) is 10.6 Å². The molecule has 2 amide bonds. The predicted molar refractivity (Wildman–Crippen MR) is 144 cm³/mol. The van der Waals surface area contributed by atoms with E-state index in [0.717, 1.165) is 22.1 Å². The van der Waals surface area contributed by atoms with Gasteiger partial charge in [0.05, 0.1) is 0 Å². The molecule has 0 saturated heterocycles. The zero-order valence-electron chi connectivity index (χ0n) is 21.4. The van der Waals surface area contributed by atoms with Crippen molar-refractivity contribution in [2.24, 2.45) is 0 Å². The average molecular weight is 500 g/mol. The van der Waals surface area contributed by atoms with E-state index in [1.165, 1.54) is 13.0 Å². The van der Waals surface area contributed by atoms with Crippen molar-refractivity contribution in [1.29, 1.82) is 0 Å². The van der Waals surface area contributed by atoms with E-state index in [2.05, 4.69) is 15.6 Å². The Bertz CT molecular complexity index is 1550. The number of fused-ring (bicyclic) bond motifs is 1. The second kappa shape index (κ2) is 9.89. The molecule has 3 N–H and O–H groups in total. The largest absolute Gasteiger partial charge is 0.508 e. The number of ketones is 1. The van der Waals surface area contributed by atoms with Gasteiger partial charge in [0.2, 0.25) is 0 Å². The first-order valence-corrected chi connectivity index (χ1v) is 11.9. The summed E-state index contributed by atoms with van der Waals surface area (Å²) in [4.78, 5) is 40.7. The highest BCUT2D eigenvalue weighted by Crippen LogP contribution is 2.35. The van der Waals surface area contributed by atoms with Crippen LogP contribution in [0.4, 0.5) is 16.3 Å². The van der Waals surface area contributed by atoms with Crippen LogP contribution in [-0.2, 0) is 11.8 Å². The fraction of sp³-hybridized carbons (Fsp3) is 0.241. The maximum absolute atomic E-state index is 12.7. The molecule has 0 saturated carbocycles. The number of carbonyl (C=O) groups excluding carboxylic acids is 2. The van der Waals surface area contributed by atoms with E-state index >= 15 is 0 Å². The Balaban J connectivity index is 1.50. The van der Waals surface area contributed by atoms with Gasteiger partial charge in [-0.05, 0) is 66.8 Å². The van der Waals surface area contributed by atoms with Crippen molar-refractivity contribution in [2.45, 2.75) is 46.5 Å². The van der Waals surface area contributed by atoms with E-state index in [1.54, 1.807) is 42.6 Å². The van der Waals surface area contributed by atoms with E-state index < -0.39 is 11.7 Å². The third-order valence-electron chi connectivity index (χ3n) is 6.21. The standard InChI is InChI=1S/C29H29N3O5/c1-16-21-13-23(29(3,4)5)24(34)14-25(21)37-27(35)22(16)12-18-6-11-26(30-15-18)32-28(36)31-20-9-7-19(8-10-20)17(2)33/h6-11,13-15,34H,12H2,1-5H3,(H2,30,31,32,36). The van der Waals surface area contributed by atoms with Gasteiger partial charge in [-0.15, -0.1) is 0 Å². The van der Waals surface area contributed by atoms with Gasteiger partial charge in [-0.25, -0.2) is 14.6 Å². The second-order valence-corrected chi connectivity index (χ2v) is 10.0. The highest BCUT2D eigenvalue weighted by atomic mass is 16.4. The molecule has 8 heteroatoms. The highest BCUT2D eigenvalue weighted by Gasteiger charge is 2.21. The quantitative estimate of drug-likeness (QED) is 0.231. The molecule has 0 unspecified atom stereocenters. The van der Waals surface area contributed by atoms with Gasteiger partial charge < -0.3 is 14.8 Å². The number of pyridine rings is 1. The first kappa shape index (κ1) is 25.6. The molecular weight excluding hydrogens is 470 g/mol. The van der Waals surface area contributed by atoms with E-state index in [9.17, 15) is 19.5 Å². The smallest absolute Gasteiger partial charge is 0.340 e. The van der Waals surface area contributed by atoms with Crippen molar-refractivity contribution < 1.29 is 19.1 Å². The summed E-state index contributed by atoms with van der Waals surface area (Å²) in [6.07, 6.45) is 1.90. The van der Waals surface area contributed by atoms with Crippen molar-refractivity contribution in [3.8, 4) is 5.75 Å². The van der Waals surface area contributed by atoms with Crippen LogP contribution in [0, 0.1) is 6.92 Å². The van der Waals surface area contributed by atoms with Crippen LogP contribution >= 0.6 is 0 Å². The maximum atomic E-state index is 12.7. The van der Waals surface area contributed by atoms with Crippen molar-refractivity contribution in [1.82, 2.24) is 4.98 Å². The van der Waals surface area contributed by atoms with Gasteiger partial charge in [-0.2, -0.15) is 0 Å². The molecular formula is C29H29N3O5. The van der Waals surface area contributed by atoms with Gasteiger partial charge in [0.1, 0.15) is 17.2 Å². The van der Waals surface area contributed by atoms with Crippen molar-refractivity contribution in [3.63, 3.8) is 0 Å². The summed E-state index contributed by atoms with van der Waals surface area (Å²) in [5, 5.41) is 16.5. The second-order valence-electron chi connectivity index (χ2n) is 10.0. The Hall–Kier alpha value is -4.46. The first-order chi connectivity index (χ1) is 17.4. The number of anilines is 2. The van der Waals surface area contributed by atoms with Crippen molar-refractivity contribution in [3.05, 3.63) is 93.0 Å². The molecule has 0 atom stereocenters. The molecule has 0 aliphatic rings. The summed E-state index contributed by atoms with van der Waals surface area (Å²) in [5.74, 6) is 0.389. The number of aromatic hydroxyl groups is 1. The van der Waals surface area contributed by atoms with Gasteiger partial charge in [0, 0.05) is 46.4 Å². The van der Waals surface area contributed by atoms with E-state index in [1.807, 2.05) is 33.8 Å². The number of urea groups is 1. The minimum Gasteiger partial charge on any atom is -0.508 e. The molecule has 0 spiro atoms.